The van der Waals surface area contributed by atoms with Crippen molar-refractivity contribution in [2.75, 3.05) is 20.7 Å². The second-order valence-corrected chi connectivity index (χ2v) is 3.56. The molecule has 1 aromatic rings. The molecule has 4 heteroatoms. The highest BCUT2D eigenvalue weighted by Crippen LogP contribution is 2.05. The summed E-state index contributed by atoms with van der Waals surface area (Å²) in [6.07, 6.45) is 0. The summed E-state index contributed by atoms with van der Waals surface area (Å²) in [6.45, 7) is 1.53. The average molecular weight is 222 g/mol. The van der Waals surface area contributed by atoms with Crippen molar-refractivity contribution in [3.8, 4) is 0 Å². The van der Waals surface area contributed by atoms with E-state index >= 15 is 0 Å². The largest absolute Gasteiger partial charge is 0.380 e. The summed E-state index contributed by atoms with van der Waals surface area (Å²) >= 11 is 0. The van der Waals surface area contributed by atoms with Gasteiger partial charge in [-0.1, -0.05) is 24.3 Å². The number of carbonyl (C=O) groups is 1. The number of hydrogen-bond acceptors (Lipinski definition) is 3. The predicted molar refractivity (Wildman–Crippen MR) is 62.9 cm³/mol. The number of amides is 1. The SMILES string of the molecule is CNCC(=O)NCc1ccc(COC)cc1. The van der Waals surface area contributed by atoms with Crippen LogP contribution in [-0.4, -0.2) is 26.6 Å². The van der Waals surface area contributed by atoms with E-state index < -0.39 is 0 Å². The Morgan fingerprint density at radius 1 is 1.25 bits per heavy atom. The van der Waals surface area contributed by atoms with E-state index in [9.17, 15) is 4.79 Å². The number of likely N-dealkylation sites (N-methyl/N-ethyl adjacent to an activating group) is 1. The maximum Gasteiger partial charge on any atom is 0.234 e. The van der Waals surface area contributed by atoms with Gasteiger partial charge in [0.05, 0.1) is 13.2 Å². The highest BCUT2D eigenvalue weighted by atomic mass is 16.5. The molecular formula is C12H18N2O2. The Balaban J connectivity index is 2.40. The smallest absolute Gasteiger partial charge is 0.234 e. The lowest BCUT2D eigenvalue weighted by Gasteiger charge is -2.06. The molecule has 0 saturated carbocycles. The van der Waals surface area contributed by atoms with Gasteiger partial charge in [0.1, 0.15) is 0 Å². The van der Waals surface area contributed by atoms with Crippen LogP contribution in [0.25, 0.3) is 0 Å². The number of hydrogen-bond donors (Lipinski definition) is 2. The van der Waals surface area contributed by atoms with Crippen LogP contribution in [0.15, 0.2) is 24.3 Å². The summed E-state index contributed by atoms with van der Waals surface area (Å²) in [5.74, 6) is 0.00321. The summed E-state index contributed by atoms with van der Waals surface area (Å²) in [5, 5.41) is 5.62. The van der Waals surface area contributed by atoms with Gasteiger partial charge >= 0.3 is 0 Å². The molecule has 0 aromatic heterocycles. The van der Waals surface area contributed by atoms with Crippen LogP contribution in [0.4, 0.5) is 0 Å². The van der Waals surface area contributed by atoms with Gasteiger partial charge in [-0.25, -0.2) is 0 Å². The molecule has 0 aliphatic heterocycles. The van der Waals surface area contributed by atoms with Crippen molar-refractivity contribution in [3.05, 3.63) is 35.4 Å². The van der Waals surface area contributed by atoms with Crippen molar-refractivity contribution >= 4 is 5.91 Å². The minimum absolute atomic E-state index is 0.00321. The van der Waals surface area contributed by atoms with Gasteiger partial charge in [0.15, 0.2) is 0 Å². The molecule has 0 radical (unpaired) electrons. The third-order valence-corrected chi connectivity index (χ3v) is 2.16. The van der Waals surface area contributed by atoms with Crippen molar-refractivity contribution in [3.63, 3.8) is 0 Å². The van der Waals surface area contributed by atoms with Gasteiger partial charge in [-0.05, 0) is 18.2 Å². The first kappa shape index (κ1) is 12.7. The number of benzene rings is 1. The fraction of sp³-hybridized carbons (Fsp3) is 0.417. The summed E-state index contributed by atoms with van der Waals surface area (Å²) in [5.41, 5.74) is 2.22. The summed E-state index contributed by atoms with van der Waals surface area (Å²) in [6, 6.07) is 7.99. The van der Waals surface area contributed by atoms with Gasteiger partial charge in [-0.2, -0.15) is 0 Å². The summed E-state index contributed by atoms with van der Waals surface area (Å²) < 4.78 is 5.02. The van der Waals surface area contributed by atoms with Gasteiger partial charge in [0, 0.05) is 13.7 Å². The van der Waals surface area contributed by atoms with Crippen LogP contribution < -0.4 is 10.6 Å². The number of methoxy groups -OCH3 is 1. The summed E-state index contributed by atoms with van der Waals surface area (Å²) in [7, 11) is 3.42. The van der Waals surface area contributed by atoms with Crippen LogP contribution in [-0.2, 0) is 22.7 Å². The fourth-order valence-corrected chi connectivity index (χ4v) is 1.34. The second-order valence-electron chi connectivity index (χ2n) is 3.56. The number of nitrogens with one attached hydrogen (secondary N) is 2. The Labute approximate surface area is 96.0 Å². The highest BCUT2D eigenvalue weighted by Gasteiger charge is 1.99. The standard InChI is InChI=1S/C12H18N2O2/c1-13-8-12(15)14-7-10-3-5-11(6-4-10)9-16-2/h3-6,13H,7-9H2,1-2H3,(H,14,15). The predicted octanol–water partition coefficient (Wildman–Crippen LogP) is 0.669. The third kappa shape index (κ3) is 4.42. The van der Waals surface area contributed by atoms with Crippen molar-refractivity contribution in [2.24, 2.45) is 0 Å². The lowest BCUT2D eigenvalue weighted by Crippen LogP contribution is -2.31. The van der Waals surface area contributed by atoms with Crippen LogP contribution in [0.2, 0.25) is 0 Å². The Morgan fingerprint density at radius 2 is 1.88 bits per heavy atom. The Hall–Kier alpha value is -1.39. The molecule has 0 bridgehead atoms. The van der Waals surface area contributed by atoms with Crippen LogP contribution >= 0.6 is 0 Å². The maximum atomic E-state index is 11.2. The lowest BCUT2D eigenvalue weighted by atomic mass is 10.1. The molecule has 0 atom stereocenters. The zero-order valence-electron chi connectivity index (χ0n) is 9.75. The number of ether oxygens (including phenoxy) is 1. The van der Waals surface area contributed by atoms with Gasteiger partial charge in [0.25, 0.3) is 0 Å². The van der Waals surface area contributed by atoms with E-state index in [1.165, 1.54) is 0 Å². The van der Waals surface area contributed by atoms with Crippen molar-refractivity contribution in [2.45, 2.75) is 13.2 Å². The Bertz CT molecular complexity index is 322. The summed E-state index contributed by atoms with van der Waals surface area (Å²) in [4.78, 5) is 11.2. The number of carbonyl (C=O) groups excluding carboxylic acids is 1. The normalized spacial score (nSPS) is 10.1. The Morgan fingerprint density at radius 3 is 2.44 bits per heavy atom. The average Bonchev–Trinajstić information content (AvgIpc) is 2.29. The molecule has 88 valence electrons. The number of rotatable bonds is 6. The fourth-order valence-electron chi connectivity index (χ4n) is 1.34. The molecule has 1 amide bonds. The Kier molecular flexibility index (Phi) is 5.53. The first-order valence-corrected chi connectivity index (χ1v) is 5.24. The minimum atomic E-state index is 0.00321. The molecule has 0 spiro atoms. The molecule has 1 aromatic carbocycles. The molecule has 0 saturated heterocycles. The van der Waals surface area contributed by atoms with E-state index in [-0.39, 0.29) is 5.91 Å². The molecule has 2 N–H and O–H groups in total. The van der Waals surface area contributed by atoms with Gasteiger partial charge in [0.2, 0.25) is 5.91 Å². The minimum Gasteiger partial charge on any atom is -0.380 e. The molecule has 0 aliphatic carbocycles. The van der Waals surface area contributed by atoms with Crippen molar-refractivity contribution < 1.29 is 9.53 Å². The monoisotopic (exact) mass is 222 g/mol. The molecule has 0 aliphatic rings. The zero-order valence-corrected chi connectivity index (χ0v) is 9.75. The van der Waals surface area contributed by atoms with Crippen molar-refractivity contribution in [1.82, 2.24) is 10.6 Å². The molecular weight excluding hydrogens is 204 g/mol. The second kappa shape index (κ2) is 6.98. The molecule has 4 nitrogen and oxygen atoms in total. The first-order valence-electron chi connectivity index (χ1n) is 5.24. The van der Waals surface area contributed by atoms with E-state index in [2.05, 4.69) is 10.6 Å². The van der Waals surface area contributed by atoms with Gasteiger partial charge in [-0.15, -0.1) is 0 Å². The van der Waals surface area contributed by atoms with Gasteiger partial charge < -0.3 is 15.4 Å². The van der Waals surface area contributed by atoms with Crippen LogP contribution in [0.5, 0.6) is 0 Å². The van der Waals surface area contributed by atoms with Crippen LogP contribution in [0.1, 0.15) is 11.1 Å². The highest BCUT2D eigenvalue weighted by molar-refractivity contribution is 5.77. The van der Waals surface area contributed by atoms with E-state index in [1.807, 2.05) is 24.3 Å². The van der Waals surface area contributed by atoms with Crippen molar-refractivity contribution in [1.29, 1.82) is 0 Å². The topological polar surface area (TPSA) is 50.4 Å². The van der Waals surface area contributed by atoms with E-state index in [4.69, 9.17) is 4.74 Å². The quantitative estimate of drug-likeness (QED) is 0.743. The zero-order chi connectivity index (χ0) is 11.8. The van der Waals surface area contributed by atoms with Gasteiger partial charge in [-0.3, -0.25) is 4.79 Å². The van der Waals surface area contributed by atoms with E-state index in [0.717, 1.165) is 11.1 Å². The molecule has 1 rings (SSSR count). The lowest BCUT2D eigenvalue weighted by molar-refractivity contribution is -0.120. The maximum absolute atomic E-state index is 11.2. The third-order valence-electron chi connectivity index (χ3n) is 2.16. The van der Waals surface area contributed by atoms with E-state index in [1.54, 1.807) is 14.2 Å². The first-order chi connectivity index (χ1) is 7.76. The molecule has 16 heavy (non-hydrogen) atoms. The molecule has 0 heterocycles. The van der Waals surface area contributed by atoms with Crippen LogP contribution in [0, 0.1) is 0 Å². The molecule has 0 unspecified atom stereocenters. The van der Waals surface area contributed by atoms with E-state index in [0.29, 0.717) is 19.7 Å². The molecule has 0 fully saturated rings. The van der Waals surface area contributed by atoms with Crippen LogP contribution in [0.3, 0.4) is 0 Å².